The Balaban J connectivity index is 2.71. The topological polar surface area (TPSA) is 105 Å². The monoisotopic (exact) mass is 267 g/mol. The fourth-order valence-electron chi connectivity index (χ4n) is 1.64. The Morgan fingerprint density at radius 1 is 1.47 bits per heavy atom. The maximum absolute atomic E-state index is 11.0. The first-order valence-electron chi connectivity index (χ1n) is 6.17. The average Bonchev–Trinajstić information content (AvgIpc) is 2.38. The number of nitrogens with one attached hydrogen (secondary N) is 1. The molecule has 104 valence electrons. The molecule has 0 radical (unpaired) electrons. The molecule has 0 saturated carbocycles. The summed E-state index contributed by atoms with van der Waals surface area (Å²) >= 11 is 0. The Bertz CT molecular complexity index is 462. The van der Waals surface area contributed by atoms with Crippen molar-refractivity contribution >= 4 is 17.5 Å². The van der Waals surface area contributed by atoms with Crippen molar-refractivity contribution in [3.63, 3.8) is 0 Å². The van der Waals surface area contributed by atoms with Crippen LogP contribution in [0.3, 0.4) is 0 Å². The lowest BCUT2D eigenvalue weighted by Gasteiger charge is -2.07. The molecular weight excluding hydrogens is 250 g/mol. The number of anilines is 1. The maximum atomic E-state index is 11.0. The molecule has 1 aromatic rings. The van der Waals surface area contributed by atoms with E-state index in [2.05, 4.69) is 17.2 Å². The summed E-state index contributed by atoms with van der Waals surface area (Å²) in [6.45, 7) is 2.73. The predicted octanol–water partition coefficient (Wildman–Crippen LogP) is 2.68. The largest absolute Gasteiger partial charge is 0.478 e. The van der Waals surface area contributed by atoms with Crippen molar-refractivity contribution in [1.29, 1.82) is 0 Å². The number of unbranched alkanes of at least 4 members (excludes halogenated alkanes) is 3. The minimum absolute atomic E-state index is 0.128. The number of nitrogens with zero attached hydrogens (tertiary/aromatic N) is 2. The van der Waals surface area contributed by atoms with E-state index in [-0.39, 0.29) is 5.56 Å². The number of rotatable bonds is 8. The molecule has 0 aliphatic rings. The van der Waals surface area contributed by atoms with Crippen LogP contribution in [-0.2, 0) is 0 Å². The molecule has 1 aromatic heterocycles. The summed E-state index contributed by atoms with van der Waals surface area (Å²) in [5, 5.41) is 22.5. The summed E-state index contributed by atoms with van der Waals surface area (Å²) in [5.41, 5.74) is 0.187. The summed E-state index contributed by atoms with van der Waals surface area (Å²) in [4.78, 5) is 24.5. The maximum Gasteiger partial charge on any atom is 0.364 e. The van der Waals surface area contributed by atoms with E-state index in [1.54, 1.807) is 0 Å². The number of hydrogen-bond donors (Lipinski definition) is 2. The van der Waals surface area contributed by atoms with Crippen LogP contribution in [0.2, 0.25) is 0 Å². The van der Waals surface area contributed by atoms with E-state index in [4.69, 9.17) is 5.11 Å². The lowest BCUT2D eigenvalue weighted by molar-refractivity contribution is -0.389. The summed E-state index contributed by atoms with van der Waals surface area (Å²) < 4.78 is 0. The molecule has 0 aliphatic carbocycles. The first-order valence-corrected chi connectivity index (χ1v) is 6.17. The van der Waals surface area contributed by atoms with Gasteiger partial charge in [-0.25, -0.2) is 4.79 Å². The Kier molecular flexibility index (Phi) is 5.72. The van der Waals surface area contributed by atoms with Gasteiger partial charge >= 0.3 is 11.8 Å². The van der Waals surface area contributed by atoms with Crippen LogP contribution < -0.4 is 5.32 Å². The van der Waals surface area contributed by atoms with E-state index >= 15 is 0 Å². The Labute approximate surface area is 110 Å². The second-order valence-electron chi connectivity index (χ2n) is 4.14. The van der Waals surface area contributed by atoms with E-state index in [0.717, 1.165) is 31.7 Å². The fourth-order valence-corrected chi connectivity index (χ4v) is 1.64. The van der Waals surface area contributed by atoms with Gasteiger partial charge in [-0.15, -0.1) is 0 Å². The zero-order valence-corrected chi connectivity index (χ0v) is 10.8. The predicted molar refractivity (Wildman–Crippen MR) is 70.5 cm³/mol. The number of carboxylic acid groups (broad SMARTS) is 1. The molecule has 0 aromatic carbocycles. The van der Waals surface area contributed by atoms with Gasteiger partial charge in [0.25, 0.3) is 0 Å². The summed E-state index contributed by atoms with van der Waals surface area (Å²) in [6.07, 6.45) is 5.43. The van der Waals surface area contributed by atoms with Gasteiger partial charge in [0.2, 0.25) is 0 Å². The van der Waals surface area contributed by atoms with Crippen LogP contribution in [0.5, 0.6) is 0 Å². The van der Waals surface area contributed by atoms with Crippen molar-refractivity contribution < 1.29 is 14.8 Å². The standard InChI is InChI=1S/C12H17N3O4/c1-2-3-4-5-6-13-10-8-14-11(15(18)19)7-9(10)12(16)17/h7-8,13H,2-6H2,1H3,(H,16,17). The van der Waals surface area contributed by atoms with Crippen LogP contribution >= 0.6 is 0 Å². The first-order chi connectivity index (χ1) is 9.06. The highest BCUT2D eigenvalue weighted by Gasteiger charge is 2.17. The third-order valence-electron chi connectivity index (χ3n) is 2.65. The number of aromatic carboxylic acids is 1. The summed E-state index contributed by atoms with van der Waals surface area (Å²) in [7, 11) is 0. The van der Waals surface area contributed by atoms with Gasteiger partial charge in [0.1, 0.15) is 0 Å². The molecule has 1 rings (SSSR count). The molecule has 7 heteroatoms. The Hall–Kier alpha value is -2.18. The Morgan fingerprint density at radius 2 is 2.21 bits per heavy atom. The highest BCUT2D eigenvalue weighted by atomic mass is 16.6. The number of carboxylic acids is 1. The minimum Gasteiger partial charge on any atom is -0.478 e. The third-order valence-corrected chi connectivity index (χ3v) is 2.65. The molecule has 0 amide bonds. The number of hydrogen-bond acceptors (Lipinski definition) is 5. The van der Waals surface area contributed by atoms with Crippen LogP contribution in [0, 0.1) is 10.1 Å². The van der Waals surface area contributed by atoms with Gasteiger partial charge in [0, 0.05) is 6.54 Å². The van der Waals surface area contributed by atoms with E-state index in [1.165, 1.54) is 6.20 Å². The van der Waals surface area contributed by atoms with Crippen molar-refractivity contribution in [3.8, 4) is 0 Å². The smallest absolute Gasteiger partial charge is 0.364 e. The molecule has 0 saturated heterocycles. The van der Waals surface area contributed by atoms with Crippen molar-refractivity contribution in [1.82, 2.24) is 4.98 Å². The van der Waals surface area contributed by atoms with E-state index in [0.29, 0.717) is 12.2 Å². The van der Waals surface area contributed by atoms with Gasteiger partial charge in [-0.05, 0) is 16.3 Å². The van der Waals surface area contributed by atoms with Crippen LogP contribution in [-0.4, -0.2) is 27.5 Å². The zero-order valence-electron chi connectivity index (χ0n) is 10.8. The van der Waals surface area contributed by atoms with Crippen molar-refractivity contribution in [2.45, 2.75) is 32.6 Å². The molecular formula is C12H17N3O4. The normalized spacial score (nSPS) is 10.2. The second kappa shape index (κ2) is 7.30. The summed E-state index contributed by atoms with van der Waals surface area (Å²) in [6, 6.07) is 0.969. The lowest BCUT2D eigenvalue weighted by Crippen LogP contribution is -2.09. The summed E-state index contributed by atoms with van der Waals surface area (Å²) in [5.74, 6) is -1.67. The van der Waals surface area contributed by atoms with Gasteiger partial charge in [-0.3, -0.25) is 0 Å². The van der Waals surface area contributed by atoms with Crippen molar-refractivity contribution in [2.24, 2.45) is 0 Å². The van der Waals surface area contributed by atoms with Crippen LogP contribution in [0.4, 0.5) is 11.5 Å². The Morgan fingerprint density at radius 3 is 2.79 bits per heavy atom. The van der Waals surface area contributed by atoms with Gasteiger partial charge < -0.3 is 20.5 Å². The van der Waals surface area contributed by atoms with Crippen LogP contribution in [0.1, 0.15) is 43.0 Å². The van der Waals surface area contributed by atoms with Crippen LogP contribution in [0.15, 0.2) is 12.3 Å². The number of carbonyl (C=O) groups is 1. The average molecular weight is 267 g/mol. The van der Waals surface area contributed by atoms with Gasteiger partial charge in [-0.1, -0.05) is 26.2 Å². The van der Waals surface area contributed by atoms with Crippen molar-refractivity contribution in [2.75, 3.05) is 11.9 Å². The molecule has 0 unspecified atom stereocenters. The van der Waals surface area contributed by atoms with E-state index in [1.807, 2.05) is 0 Å². The number of nitro groups is 1. The van der Waals surface area contributed by atoms with Gasteiger partial charge in [0.15, 0.2) is 6.20 Å². The molecule has 0 fully saturated rings. The first kappa shape index (κ1) is 14.9. The molecule has 0 aliphatic heterocycles. The molecule has 19 heavy (non-hydrogen) atoms. The molecule has 0 bridgehead atoms. The molecule has 2 N–H and O–H groups in total. The minimum atomic E-state index is -1.21. The molecule has 7 nitrogen and oxygen atoms in total. The number of pyridine rings is 1. The van der Waals surface area contributed by atoms with E-state index in [9.17, 15) is 14.9 Å². The zero-order chi connectivity index (χ0) is 14.3. The fraction of sp³-hybridized carbons (Fsp3) is 0.500. The lowest BCUT2D eigenvalue weighted by atomic mass is 10.2. The second-order valence-corrected chi connectivity index (χ2v) is 4.14. The van der Waals surface area contributed by atoms with Gasteiger partial charge in [0.05, 0.1) is 17.3 Å². The molecule has 0 atom stereocenters. The highest BCUT2D eigenvalue weighted by Crippen LogP contribution is 2.19. The third kappa shape index (κ3) is 4.53. The van der Waals surface area contributed by atoms with Crippen LogP contribution in [0.25, 0.3) is 0 Å². The molecule has 1 heterocycles. The highest BCUT2D eigenvalue weighted by molar-refractivity contribution is 5.94. The van der Waals surface area contributed by atoms with Gasteiger partial charge in [-0.2, -0.15) is 0 Å². The van der Waals surface area contributed by atoms with E-state index < -0.39 is 16.7 Å². The SMILES string of the molecule is CCCCCCNc1cnc([N+](=O)[O-])cc1C(=O)O. The quantitative estimate of drug-likeness (QED) is 0.426. The molecule has 0 spiro atoms. The number of aromatic nitrogens is 1. The van der Waals surface area contributed by atoms with Crippen molar-refractivity contribution in [3.05, 3.63) is 27.9 Å².